The zero-order valence-corrected chi connectivity index (χ0v) is 11.1. The van der Waals surface area contributed by atoms with Crippen LogP contribution in [0.15, 0.2) is 24.3 Å². The third kappa shape index (κ3) is 2.12. The summed E-state index contributed by atoms with van der Waals surface area (Å²) in [6, 6.07) is 6.87. The maximum absolute atomic E-state index is 12.3. The lowest BCUT2D eigenvalue weighted by molar-refractivity contribution is -0.164. The molecule has 2 aliphatic rings. The smallest absolute Gasteiger partial charge is 0.427 e. The number of hydrogen-bond donors (Lipinski definition) is 2. The molecule has 3 amide bonds. The second-order valence-corrected chi connectivity index (χ2v) is 5.12. The highest BCUT2D eigenvalue weighted by atomic mass is 16.4. The Kier molecular flexibility index (Phi) is 3.27. The number of nitrogens with zero attached hydrogens (tertiary/aromatic N) is 2. The Balaban J connectivity index is 1.91. The minimum Gasteiger partial charge on any atom is -0.427 e. The maximum Gasteiger partial charge on any atom is 0.464 e. The fourth-order valence-electron chi connectivity index (χ4n) is 2.72. The molecule has 21 heavy (non-hydrogen) atoms. The first-order valence-electron chi connectivity index (χ1n) is 6.63. The minimum atomic E-state index is -1.84. The lowest BCUT2D eigenvalue weighted by atomic mass is 9.68. The molecule has 0 spiro atoms. The second-order valence-electron chi connectivity index (χ2n) is 5.12. The summed E-state index contributed by atoms with van der Waals surface area (Å²) in [6.45, 7) is 0.126. The number of carbonyl (C=O) groups excluding carboxylic acids is 3. The highest BCUT2D eigenvalue weighted by Crippen LogP contribution is 2.31. The fraction of sp³-hybridized carbons (Fsp3) is 0.308. The molecule has 2 heterocycles. The van der Waals surface area contributed by atoms with Gasteiger partial charge in [0.25, 0.3) is 5.91 Å². The van der Waals surface area contributed by atoms with E-state index in [0.29, 0.717) is 5.56 Å². The van der Waals surface area contributed by atoms with Crippen LogP contribution in [0.2, 0.25) is 5.82 Å². The van der Waals surface area contributed by atoms with Crippen LogP contribution in [-0.2, 0) is 16.1 Å². The molecule has 1 aromatic rings. The van der Waals surface area contributed by atoms with E-state index in [1.165, 1.54) is 0 Å². The van der Waals surface area contributed by atoms with Crippen LogP contribution >= 0.6 is 0 Å². The summed E-state index contributed by atoms with van der Waals surface area (Å²) in [6.07, 6.45) is 0.0644. The van der Waals surface area contributed by atoms with Crippen molar-refractivity contribution in [3.63, 3.8) is 0 Å². The van der Waals surface area contributed by atoms with Crippen LogP contribution in [0, 0.1) is 0 Å². The molecular weight excluding hydrogens is 275 g/mol. The van der Waals surface area contributed by atoms with Crippen LogP contribution in [0.5, 0.6) is 0 Å². The van der Waals surface area contributed by atoms with Gasteiger partial charge in [-0.25, -0.2) is 5.01 Å². The van der Waals surface area contributed by atoms with E-state index in [9.17, 15) is 24.4 Å². The monoisotopic (exact) mass is 288 g/mol. The lowest BCUT2D eigenvalue weighted by Crippen LogP contribution is -2.55. The van der Waals surface area contributed by atoms with Gasteiger partial charge in [-0.1, -0.05) is 18.2 Å². The van der Waals surface area contributed by atoms with Crippen molar-refractivity contribution in [2.45, 2.75) is 25.2 Å². The van der Waals surface area contributed by atoms with E-state index in [2.05, 4.69) is 0 Å². The second kappa shape index (κ2) is 4.98. The number of imide groups is 1. The summed E-state index contributed by atoms with van der Waals surface area (Å²) >= 11 is 0. The van der Waals surface area contributed by atoms with Gasteiger partial charge in [-0.2, -0.15) is 5.01 Å². The van der Waals surface area contributed by atoms with E-state index in [0.717, 1.165) is 15.6 Å². The van der Waals surface area contributed by atoms with Crippen LogP contribution in [0.1, 0.15) is 28.8 Å². The lowest BCUT2D eigenvalue weighted by Gasteiger charge is -2.35. The number of hydrazine groups is 1. The van der Waals surface area contributed by atoms with Crippen molar-refractivity contribution in [2.24, 2.45) is 0 Å². The van der Waals surface area contributed by atoms with Crippen molar-refractivity contribution in [2.75, 3.05) is 0 Å². The molecule has 108 valence electrons. The molecule has 1 atom stereocenters. The molecule has 7 nitrogen and oxygen atoms in total. The number of hydrogen-bond acceptors (Lipinski definition) is 5. The van der Waals surface area contributed by atoms with Crippen molar-refractivity contribution in [3.05, 3.63) is 35.4 Å². The number of piperidine rings is 1. The van der Waals surface area contributed by atoms with Gasteiger partial charge in [-0.15, -0.1) is 0 Å². The Morgan fingerprint density at radius 1 is 1.14 bits per heavy atom. The Hall–Kier alpha value is -2.19. The maximum atomic E-state index is 12.3. The molecule has 1 fully saturated rings. The molecule has 0 aliphatic carbocycles. The van der Waals surface area contributed by atoms with E-state index in [1.807, 2.05) is 0 Å². The van der Waals surface area contributed by atoms with E-state index in [1.54, 1.807) is 24.3 Å². The van der Waals surface area contributed by atoms with Gasteiger partial charge in [0.2, 0.25) is 11.8 Å². The zero-order chi connectivity index (χ0) is 15.1. The number of fused-ring (bicyclic) bond motifs is 1. The topological polar surface area (TPSA) is 98.2 Å². The molecule has 0 radical (unpaired) electrons. The van der Waals surface area contributed by atoms with Crippen molar-refractivity contribution < 1.29 is 24.4 Å². The quantitative estimate of drug-likeness (QED) is 0.567. The first kappa shape index (κ1) is 13.8. The summed E-state index contributed by atoms with van der Waals surface area (Å²) < 4.78 is 0. The normalized spacial score (nSPS) is 21.8. The average molecular weight is 288 g/mol. The van der Waals surface area contributed by atoms with Crippen LogP contribution in [0.4, 0.5) is 0 Å². The van der Waals surface area contributed by atoms with Crippen molar-refractivity contribution in [1.29, 1.82) is 0 Å². The number of carbonyl (C=O) groups is 3. The Morgan fingerprint density at radius 2 is 1.86 bits per heavy atom. The molecule has 2 N–H and O–H groups in total. The van der Waals surface area contributed by atoms with Gasteiger partial charge in [-0.05, 0) is 18.1 Å². The van der Waals surface area contributed by atoms with Gasteiger partial charge in [0.15, 0.2) is 0 Å². The third-order valence-electron chi connectivity index (χ3n) is 3.84. The molecule has 2 aliphatic heterocycles. The Bertz CT molecular complexity index is 633. The number of benzene rings is 1. The highest BCUT2D eigenvalue weighted by Gasteiger charge is 2.46. The fourth-order valence-corrected chi connectivity index (χ4v) is 2.72. The predicted molar refractivity (Wildman–Crippen MR) is 71.3 cm³/mol. The van der Waals surface area contributed by atoms with Crippen LogP contribution in [0.3, 0.4) is 0 Å². The standard InChI is InChI=1S/C13H13BN2O5/c17-11-6-5-10(14(20)21)13(19)16(11)15-7-8-3-1-2-4-9(8)12(15)18/h1-4,10,20-21H,5-7H2. The first-order chi connectivity index (χ1) is 10.0. The highest BCUT2D eigenvalue weighted by molar-refractivity contribution is 6.49. The number of rotatable bonds is 2. The zero-order valence-electron chi connectivity index (χ0n) is 11.1. The van der Waals surface area contributed by atoms with E-state index in [4.69, 9.17) is 0 Å². The predicted octanol–water partition coefficient (Wildman–Crippen LogP) is -0.451. The Labute approximate surface area is 120 Å². The minimum absolute atomic E-state index is 0.00580. The first-order valence-corrected chi connectivity index (χ1v) is 6.63. The summed E-state index contributed by atoms with van der Waals surface area (Å²) in [7, 11) is -1.84. The molecule has 8 heteroatoms. The largest absolute Gasteiger partial charge is 0.464 e. The summed E-state index contributed by atoms with van der Waals surface area (Å²) in [4.78, 5) is 36.6. The van der Waals surface area contributed by atoms with Crippen LogP contribution in [0.25, 0.3) is 0 Å². The SMILES string of the molecule is O=C1c2ccccc2CN1N1C(=O)CCC(B(O)O)C1=O. The van der Waals surface area contributed by atoms with Gasteiger partial charge >= 0.3 is 7.12 Å². The molecule has 0 aromatic heterocycles. The van der Waals surface area contributed by atoms with Crippen molar-refractivity contribution in [3.8, 4) is 0 Å². The summed E-state index contributed by atoms with van der Waals surface area (Å²) in [5, 5.41) is 20.3. The van der Waals surface area contributed by atoms with E-state index < -0.39 is 30.7 Å². The summed E-state index contributed by atoms with van der Waals surface area (Å²) in [5.41, 5.74) is 1.18. The van der Waals surface area contributed by atoms with Gasteiger partial charge in [0.1, 0.15) is 0 Å². The molecule has 3 rings (SSSR count). The Morgan fingerprint density at radius 3 is 2.52 bits per heavy atom. The average Bonchev–Trinajstić information content (AvgIpc) is 2.76. The third-order valence-corrected chi connectivity index (χ3v) is 3.84. The van der Waals surface area contributed by atoms with Gasteiger partial charge < -0.3 is 10.0 Å². The van der Waals surface area contributed by atoms with Crippen LogP contribution in [-0.4, -0.2) is 44.9 Å². The molecule has 1 saturated heterocycles. The molecule has 1 unspecified atom stereocenters. The van der Waals surface area contributed by atoms with Crippen LogP contribution < -0.4 is 0 Å². The van der Waals surface area contributed by atoms with Gasteiger partial charge in [0.05, 0.1) is 12.4 Å². The van der Waals surface area contributed by atoms with E-state index in [-0.39, 0.29) is 19.4 Å². The van der Waals surface area contributed by atoms with Crippen molar-refractivity contribution in [1.82, 2.24) is 10.0 Å². The molecular formula is C13H13BN2O5. The number of amides is 3. The summed E-state index contributed by atoms with van der Waals surface area (Å²) in [5.74, 6) is -2.76. The molecule has 0 saturated carbocycles. The van der Waals surface area contributed by atoms with Crippen molar-refractivity contribution >= 4 is 24.8 Å². The molecule has 1 aromatic carbocycles. The molecule has 0 bridgehead atoms. The van der Waals surface area contributed by atoms with Gasteiger partial charge in [-0.3, -0.25) is 14.4 Å². The van der Waals surface area contributed by atoms with E-state index >= 15 is 0 Å². The van der Waals surface area contributed by atoms with Gasteiger partial charge in [0, 0.05) is 12.0 Å².